The van der Waals surface area contributed by atoms with Crippen molar-refractivity contribution in [2.24, 2.45) is 4.99 Å². The first kappa shape index (κ1) is 31.9. The third-order valence-electron chi connectivity index (χ3n) is 7.09. The fourth-order valence-corrected chi connectivity index (χ4v) is 6.46. The molecule has 3 aromatic carbocycles. The van der Waals surface area contributed by atoms with Crippen LogP contribution in [0.1, 0.15) is 49.4 Å². The van der Waals surface area contributed by atoms with Crippen LogP contribution in [0.25, 0.3) is 6.08 Å². The monoisotopic (exact) mass is 691 g/mol. The zero-order valence-electron chi connectivity index (χ0n) is 24.8. The van der Waals surface area contributed by atoms with Crippen LogP contribution in [0.4, 0.5) is 5.69 Å². The van der Waals surface area contributed by atoms with Gasteiger partial charge in [0.25, 0.3) is 11.2 Å². The van der Waals surface area contributed by atoms with Crippen LogP contribution >= 0.6 is 27.3 Å². The summed E-state index contributed by atoms with van der Waals surface area (Å²) in [7, 11) is 1.55. The van der Waals surface area contributed by atoms with E-state index in [0.29, 0.717) is 44.1 Å². The molecule has 0 bridgehead atoms. The van der Waals surface area contributed by atoms with Gasteiger partial charge in [-0.2, -0.15) is 0 Å². The molecule has 10 nitrogen and oxygen atoms in total. The van der Waals surface area contributed by atoms with Crippen molar-refractivity contribution in [3.05, 3.63) is 129 Å². The summed E-state index contributed by atoms with van der Waals surface area (Å²) in [5, 5.41) is 10.9. The number of thiazole rings is 1. The summed E-state index contributed by atoms with van der Waals surface area (Å²) >= 11 is 4.78. The molecule has 0 N–H and O–H groups in total. The van der Waals surface area contributed by atoms with E-state index in [1.54, 1.807) is 48.9 Å². The molecule has 0 amide bonds. The minimum Gasteiger partial charge on any atom is -0.496 e. The Labute approximate surface area is 271 Å². The Balaban J connectivity index is 1.58. The number of halogens is 1. The van der Waals surface area contributed by atoms with Gasteiger partial charge in [0.1, 0.15) is 24.1 Å². The summed E-state index contributed by atoms with van der Waals surface area (Å²) in [6, 6.07) is 18.1. The average Bonchev–Trinajstić information content (AvgIpc) is 3.33. The highest BCUT2D eigenvalue weighted by atomic mass is 79.9. The average molecular weight is 693 g/mol. The largest absolute Gasteiger partial charge is 0.496 e. The van der Waals surface area contributed by atoms with Crippen molar-refractivity contribution in [1.29, 1.82) is 0 Å². The summed E-state index contributed by atoms with van der Waals surface area (Å²) in [4.78, 5) is 43.4. The van der Waals surface area contributed by atoms with Crippen molar-refractivity contribution in [2.75, 3.05) is 13.7 Å². The molecule has 1 aliphatic heterocycles. The van der Waals surface area contributed by atoms with Gasteiger partial charge in [0.15, 0.2) is 4.80 Å². The highest BCUT2D eigenvalue weighted by molar-refractivity contribution is 9.10. The molecule has 0 saturated heterocycles. The molecule has 1 aromatic heterocycles. The SMILES string of the molecule is CCCC1=C(C(=O)OCC)[C@@H](c2cc(Br)ccc2OC)n2c(s/c(=C/c3cccc(OCc4ccc([N+](=O)[O-])cc4)c3)c2=O)=N1. The summed E-state index contributed by atoms with van der Waals surface area (Å²) in [5.74, 6) is 0.570. The summed E-state index contributed by atoms with van der Waals surface area (Å²) < 4.78 is 19.8. The number of nitrogens with zero attached hydrogens (tertiary/aromatic N) is 3. The number of non-ortho nitro benzene ring substituents is 1. The molecule has 0 unspecified atom stereocenters. The van der Waals surface area contributed by atoms with Crippen LogP contribution in [-0.2, 0) is 16.1 Å². The molecule has 12 heteroatoms. The van der Waals surface area contributed by atoms with Crippen LogP contribution in [-0.4, -0.2) is 29.2 Å². The lowest BCUT2D eigenvalue weighted by Crippen LogP contribution is -2.40. The predicted molar refractivity (Wildman–Crippen MR) is 174 cm³/mol. The quantitative estimate of drug-likeness (QED) is 0.110. The zero-order valence-corrected chi connectivity index (χ0v) is 27.2. The number of benzene rings is 3. The molecular weight excluding hydrogens is 662 g/mol. The number of rotatable bonds is 11. The van der Waals surface area contributed by atoms with E-state index < -0.39 is 16.9 Å². The number of esters is 1. The molecule has 45 heavy (non-hydrogen) atoms. The van der Waals surface area contributed by atoms with Crippen LogP contribution in [0, 0.1) is 10.1 Å². The van der Waals surface area contributed by atoms with Gasteiger partial charge in [-0.15, -0.1) is 0 Å². The number of aromatic nitrogens is 1. The van der Waals surface area contributed by atoms with Crippen molar-refractivity contribution in [2.45, 2.75) is 39.3 Å². The van der Waals surface area contributed by atoms with E-state index in [-0.39, 0.29) is 24.5 Å². The van der Waals surface area contributed by atoms with Crippen molar-refractivity contribution >= 4 is 45.0 Å². The Kier molecular flexibility index (Phi) is 9.94. The molecule has 0 radical (unpaired) electrons. The molecule has 2 heterocycles. The number of fused-ring (bicyclic) bond motifs is 1. The van der Waals surface area contributed by atoms with Gasteiger partial charge >= 0.3 is 5.97 Å². The second kappa shape index (κ2) is 14.0. The van der Waals surface area contributed by atoms with Crippen molar-refractivity contribution < 1.29 is 23.9 Å². The third kappa shape index (κ3) is 6.91. The van der Waals surface area contributed by atoms with E-state index in [1.165, 1.54) is 23.5 Å². The van der Waals surface area contributed by atoms with E-state index in [4.69, 9.17) is 19.2 Å². The molecule has 0 spiro atoms. The second-order valence-corrected chi connectivity index (χ2v) is 12.0. The Bertz CT molecular complexity index is 1970. The second-order valence-electron chi connectivity index (χ2n) is 10.1. The first-order valence-electron chi connectivity index (χ1n) is 14.3. The Hall–Kier alpha value is -4.55. The van der Waals surface area contributed by atoms with Crippen LogP contribution in [0.5, 0.6) is 11.5 Å². The number of allylic oxidation sites excluding steroid dienone is 1. The number of hydrogen-bond acceptors (Lipinski definition) is 9. The maximum absolute atomic E-state index is 14.1. The maximum Gasteiger partial charge on any atom is 0.338 e. The van der Waals surface area contributed by atoms with Gasteiger partial charge < -0.3 is 14.2 Å². The van der Waals surface area contributed by atoms with Gasteiger partial charge in [-0.05, 0) is 73.0 Å². The lowest BCUT2D eigenvalue weighted by molar-refractivity contribution is -0.384. The molecule has 0 saturated carbocycles. The molecule has 232 valence electrons. The van der Waals surface area contributed by atoms with Gasteiger partial charge in [-0.25, -0.2) is 9.79 Å². The first-order valence-corrected chi connectivity index (χ1v) is 15.9. The van der Waals surface area contributed by atoms with E-state index >= 15 is 0 Å². The van der Waals surface area contributed by atoms with Crippen LogP contribution in [0.2, 0.25) is 0 Å². The van der Waals surface area contributed by atoms with Crippen LogP contribution in [0.3, 0.4) is 0 Å². The topological polar surface area (TPSA) is 122 Å². The van der Waals surface area contributed by atoms with E-state index in [2.05, 4.69) is 15.9 Å². The lowest BCUT2D eigenvalue weighted by atomic mass is 9.93. The van der Waals surface area contributed by atoms with Crippen LogP contribution < -0.4 is 24.4 Å². The summed E-state index contributed by atoms with van der Waals surface area (Å²) in [5.41, 5.74) is 2.75. The van der Waals surface area contributed by atoms with Gasteiger partial charge in [0.05, 0.1) is 34.4 Å². The number of carbonyl (C=O) groups is 1. The molecule has 4 aromatic rings. The van der Waals surface area contributed by atoms with Crippen molar-refractivity contribution in [1.82, 2.24) is 4.57 Å². The lowest BCUT2D eigenvalue weighted by Gasteiger charge is -2.27. The van der Waals surface area contributed by atoms with E-state index in [0.717, 1.165) is 22.0 Å². The number of methoxy groups -OCH3 is 1. The molecule has 1 aliphatic rings. The minimum atomic E-state index is -0.812. The molecule has 5 rings (SSSR count). The maximum atomic E-state index is 14.1. The van der Waals surface area contributed by atoms with Gasteiger partial charge in [-0.3, -0.25) is 19.5 Å². The summed E-state index contributed by atoms with van der Waals surface area (Å²) in [6.07, 6.45) is 3.04. The third-order valence-corrected chi connectivity index (χ3v) is 8.56. The fourth-order valence-electron chi connectivity index (χ4n) is 5.06. The van der Waals surface area contributed by atoms with E-state index in [1.807, 2.05) is 37.3 Å². The normalized spacial score (nSPS) is 14.5. The molecular formula is C33H30BrN3O7S. The molecule has 0 fully saturated rings. The van der Waals surface area contributed by atoms with Gasteiger partial charge in [0, 0.05) is 22.2 Å². The highest BCUT2D eigenvalue weighted by Gasteiger charge is 2.36. The number of nitro benzene ring substituents is 1. The van der Waals surface area contributed by atoms with E-state index in [9.17, 15) is 19.7 Å². The van der Waals surface area contributed by atoms with Crippen molar-refractivity contribution in [3.8, 4) is 11.5 Å². The number of nitro groups is 1. The zero-order chi connectivity index (χ0) is 32.1. The smallest absolute Gasteiger partial charge is 0.338 e. The highest BCUT2D eigenvalue weighted by Crippen LogP contribution is 2.38. The van der Waals surface area contributed by atoms with Crippen LogP contribution in [0.15, 0.2) is 92.3 Å². The molecule has 1 atom stereocenters. The minimum absolute atomic E-state index is 0.0130. The van der Waals surface area contributed by atoms with Crippen molar-refractivity contribution in [3.63, 3.8) is 0 Å². The summed E-state index contributed by atoms with van der Waals surface area (Å²) in [6.45, 7) is 4.14. The van der Waals surface area contributed by atoms with Gasteiger partial charge in [-0.1, -0.05) is 52.7 Å². The Morgan fingerprint density at radius 3 is 2.60 bits per heavy atom. The number of ether oxygens (including phenoxy) is 3. The number of hydrogen-bond donors (Lipinski definition) is 0. The Morgan fingerprint density at radius 1 is 1.13 bits per heavy atom. The predicted octanol–water partition coefficient (Wildman–Crippen LogP) is 5.84. The fraction of sp³-hybridized carbons (Fsp3) is 0.242. The Morgan fingerprint density at radius 2 is 1.91 bits per heavy atom. The first-order chi connectivity index (χ1) is 21.7. The van der Waals surface area contributed by atoms with Gasteiger partial charge in [0.2, 0.25) is 0 Å². The standard InChI is InChI=1S/C33H30BrN3O7S/c1-4-7-26-29(32(39)43-5-2)30(25-18-22(34)12-15-27(25)42-3)36-31(38)28(45-33(36)35-26)17-21-8-6-9-24(16-21)44-19-20-10-13-23(14-11-20)37(40)41/h6,8-18,30H,4-5,7,19H2,1-3H3/b28-17+/t30-/m1/s1. The number of carbonyl (C=O) groups excluding carboxylic acids is 1. The molecule has 0 aliphatic carbocycles.